The van der Waals surface area contributed by atoms with E-state index in [1.807, 2.05) is 61.0 Å². The molecule has 7 heteroatoms. The van der Waals surface area contributed by atoms with E-state index in [0.29, 0.717) is 5.16 Å². The quantitative estimate of drug-likeness (QED) is 0.724. The maximum absolute atomic E-state index is 12.3. The Balaban J connectivity index is 1.70. The van der Waals surface area contributed by atoms with Crippen molar-refractivity contribution in [1.82, 2.24) is 19.7 Å². The molecule has 2 aromatic heterocycles. The lowest BCUT2D eigenvalue weighted by Gasteiger charge is -2.11. The van der Waals surface area contributed by atoms with Crippen molar-refractivity contribution in [2.75, 3.05) is 5.32 Å². The summed E-state index contributed by atoms with van der Waals surface area (Å²) in [6.07, 6.45) is 3.43. The van der Waals surface area contributed by atoms with E-state index < -0.39 is 0 Å². The van der Waals surface area contributed by atoms with E-state index in [4.69, 9.17) is 0 Å². The van der Waals surface area contributed by atoms with Crippen molar-refractivity contribution >= 4 is 23.4 Å². The highest BCUT2D eigenvalue weighted by Crippen LogP contribution is 2.25. The number of hydrogen-bond acceptors (Lipinski definition) is 5. The fraction of sp³-hybridized carbons (Fsp3) is 0.176. The highest BCUT2D eigenvalue weighted by Gasteiger charge is 2.19. The van der Waals surface area contributed by atoms with Crippen LogP contribution in [0.1, 0.15) is 6.92 Å². The van der Waals surface area contributed by atoms with Gasteiger partial charge in [-0.25, -0.2) is 0 Å². The molecule has 0 unspecified atom stereocenters. The van der Waals surface area contributed by atoms with E-state index in [-0.39, 0.29) is 11.2 Å². The first-order valence-electron chi connectivity index (χ1n) is 7.47. The second-order valence-corrected chi connectivity index (χ2v) is 6.52. The molecule has 0 saturated heterocycles. The minimum Gasteiger partial charge on any atom is -0.325 e. The smallest absolute Gasteiger partial charge is 0.237 e. The second kappa shape index (κ2) is 7.27. The van der Waals surface area contributed by atoms with Gasteiger partial charge < -0.3 is 9.88 Å². The molecule has 0 aliphatic rings. The molecule has 0 bridgehead atoms. The van der Waals surface area contributed by atoms with Crippen LogP contribution in [0.4, 0.5) is 5.69 Å². The SMILES string of the molecule is C[C@H](Sc1nnc(-c2ccncc2)n1C)C(=O)Nc1ccccc1. The van der Waals surface area contributed by atoms with Crippen LogP contribution < -0.4 is 5.32 Å². The molecule has 3 rings (SSSR count). The lowest BCUT2D eigenvalue weighted by Crippen LogP contribution is -2.22. The molecule has 0 aliphatic carbocycles. The molecule has 0 saturated carbocycles. The maximum atomic E-state index is 12.3. The molecule has 24 heavy (non-hydrogen) atoms. The number of nitrogens with zero attached hydrogens (tertiary/aromatic N) is 4. The highest BCUT2D eigenvalue weighted by atomic mass is 32.2. The van der Waals surface area contributed by atoms with Crippen LogP contribution in [0.5, 0.6) is 0 Å². The lowest BCUT2D eigenvalue weighted by atomic mass is 10.2. The summed E-state index contributed by atoms with van der Waals surface area (Å²) in [6, 6.07) is 13.2. The summed E-state index contributed by atoms with van der Waals surface area (Å²) in [6.45, 7) is 1.85. The van der Waals surface area contributed by atoms with Crippen LogP contribution in [0.25, 0.3) is 11.4 Å². The maximum Gasteiger partial charge on any atom is 0.237 e. The van der Waals surface area contributed by atoms with Gasteiger partial charge >= 0.3 is 0 Å². The van der Waals surface area contributed by atoms with Crippen molar-refractivity contribution in [1.29, 1.82) is 0 Å². The number of aromatic nitrogens is 4. The Morgan fingerprint density at radius 2 is 1.83 bits per heavy atom. The van der Waals surface area contributed by atoms with Crippen LogP contribution in [0.3, 0.4) is 0 Å². The zero-order valence-electron chi connectivity index (χ0n) is 13.4. The van der Waals surface area contributed by atoms with Gasteiger partial charge in [0.05, 0.1) is 5.25 Å². The molecule has 1 atom stereocenters. The van der Waals surface area contributed by atoms with Gasteiger partial charge in [-0.2, -0.15) is 0 Å². The molecule has 0 fully saturated rings. The van der Waals surface area contributed by atoms with Crippen LogP contribution in [0.2, 0.25) is 0 Å². The second-order valence-electron chi connectivity index (χ2n) is 5.22. The molecule has 3 aromatic rings. The van der Waals surface area contributed by atoms with Crippen LogP contribution in [0, 0.1) is 0 Å². The fourth-order valence-corrected chi connectivity index (χ4v) is 2.96. The average Bonchev–Trinajstić information content (AvgIpc) is 2.97. The Hall–Kier alpha value is -2.67. The Morgan fingerprint density at radius 3 is 2.54 bits per heavy atom. The summed E-state index contributed by atoms with van der Waals surface area (Å²) < 4.78 is 1.88. The molecule has 1 aromatic carbocycles. The number of anilines is 1. The van der Waals surface area contributed by atoms with Gasteiger partial charge in [0.15, 0.2) is 11.0 Å². The average molecular weight is 339 g/mol. The van der Waals surface area contributed by atoms with Crippen LogP contribution in [0.15, 0.2) is 60.0 Å². The van der Waals surface area contributed by atoms with Crippen LogP contribution >= 0.6 is 11.8 Å². The first kappa shape index (κ1) is 16.2. The first-order chi connectivity index (χ1) is 11.6. The van der Waals surface area contributed by atoms with Gasteiger partial charge in [0, 0.05) is 30.7 Å². The Bertz CT molecular complexity index is 820. The van der Waals surface area contributed by atoms with E-state index in [1.54, 1.807) is 12.4 Å². The monoisotopic (exact) mass is 339 g/mol. The molecule has 6 nitrogen and oxygen atoms in total. The number of para-hydroxylation sites is 1. The van der Waals surface area contributed by atoms with Gasteiger partial charge in [-0.1, -0.05) is 30.0 Å². The predicted molar refractivity (Wildman–Crippen MR) is 94.6 cm³/mol. The summed E-state index contributed by atoms with van der Waals surface area (Å²) in [5.74, 6) is 0.676. The third-order valence-electron chi connectivity index (χ3n) is 3.47. The summed E-state index contributed by atoms with van der Waals surface area (Å²) in [5, 5.41) is 11.7. The number of pyridine rings is 1. The molecular weight excluding hydrogens is 322 g/mol. The normalized spacial score (nSPS) is 11.9. The van der Waals surface area contributed by atoms with Crippen molar-refractivity contribution in [2.45, 2.75) is 17.3 Å². The third kappa shape index (κ3) is 3.62. The minimum absolute atomic E-state index is 0.0698. The first-order valence-corrected chi connectivity index (χ1v) is 8.35. The van der Waals surface area contributed by atoms with Crippen molar-refractivity contribution in [3.8, 4) is 11.4 Å². The zero-order valence-corrected chi connectivity index (χ0v) is 14.2. The number of amides is 1. The summed E-state index contributed by atoms with van der Waals surface area (Å²) >= 11 is 1.37. The number of benzene rings is 1. The molecule has 2 heterocycles. The Kier molecular flexibility index (Phi) is 4.90. The lowest BCUT2D eigenvalue weighted by molar-refractivity contribution is -0.115. The largest absolute Gasteiger partial charge is 0.325 e. The zero-order chi connectivity index (χ0) is 16.9. The van der Waals surface area contributed by atoms with E-state index in [2.05, 4.69) is 20.5 Å². The summed E-state index contributed by atoms with van der Waals surface area (Å²) in [4.78, 5) is 16.3. The molecule has 0 aliphatic heterocycles. The van der Waals surface area contributed by atoms with Gasteiger partial charge in [-0.3, -0.25) is 9.78 Å². The molecular formula is C17H17N5OS. The fourth-order valence-electron chi connectivity index (χ4n) is 2.15. The number of thioether (sulfide) groups is 1. The minimum atomic E-state index is -0.293. The molecule has 0 radical (unpaired) electrons. The highest BCUT2D eigenvalue weighted by molar-refractivity contribution is 8.00. The van der Waals surface area contributed by atoms with E-state index in [1.165, 1.54) is 11.8 Å². The van der Waals surface area contributed by atoms with Crippen molar-refractivity contribution in [3.63, 3.8) is 0 Å². The van der Waals surface area contributed by atoms with Gasteiger partial charge in [0.25, 0.3) is 0 Å². The molecule has 1 amide bonds. The third-order valence-corrected chi connectivity index (χ3v) is 4.60. The van der Waals surface area contributed by atoms with E-state index in [0.717, 1.165) is 17.1 Å². The predicted octanol–water partition coefficient (Wildman–Crippen LogP) is 3.00. The number of carbonyl (C=O) groups excluding carboxylic acids is 1. The molecule has 0 spiro atoms. The molecule has 122 valence electrons. The Morgan fingerprint density at radius 1 is 1.12 bits per heavy atom. The topological polar surface area (TPSA) is 72.7 Å². The van der Waals surface area contributed by atoms with Gasteiger partial charge in [-0.05, 0) is 31.2 Å². The van der Waals surface area contributed by atoms with Crippen molar-refractivity contribution in [2.24, 2.45) is 7.05 Å². The van der Waals surface area contributed by atoms with E-state index in [9.17, 15) is 4.79 Å². The van der Waals surface area contributed by atoms with Crippen LogP contribution in [-0.4, -0.2) is 30.9 Å². The number of rotatable bonds is 5. The molecule has 1 N–H and O–H groups in total. The Labute approximate surface area is 144 Å². The van der Waals surface area contributed by atoms with Crippen molar-refractivity contribution in [3.05, 3.63) is 54.9 Å². The number of carbonyl (C=O) groups is 1. The van der Waals surface area contributed by atoms with Crippen LogP contribution in [-0.2, 0) is 11.8 Å². The summed E-state index contributed by atoms with van der Waals surface area (Å²) in [5.41, 5.74) is 1.72. The van der Waals surface area contributed by atoms with Crippen molar-refractivity contribution < 1.29 is 4.79 Å². The van der Waals surface area contributed by atoms with Gasteiger partial charge in [-0.15, -0.1) is 10.2 Å². The van der Waals surface area contributed by atoms with Gasteiger partial charge in [0.2, 0.25) is 5.91 Å². The summed E-state index contributed by atoms with van der Waals surface area (Å²) in [7, 11) is 1.89. The van der Waals surface area contributed by atoms with Gasteiger partial charge in [0.1, 0.15) is 0 Å². The van der Waals surface area contributed by atoms with E-state index >= 15 is 0 Å². The number of hydrogen-bond donors (Lipinski definition) is 1. The standard InChI is InChI=1S/C17H17N5OS/c1-12(16(23)19-14-6-4-3-5-7-14)24-17-21-20-15(22(17)2)13-8-10-18-11-9-13/h3-12H,1-2H3,(H,19,23)/t12-/m0/s1. The number of nitrogens with one attached hydrogen (secondary N) is 1.